The summed E-state index contributed by atoms with van der Waals surface area (Å²) >= 11 is 1.35. The summed E-state index contributed by atoms with van der Waals surface area (Å²) in [6.45, 7) is 3.05. The Morgan fingerprint density at radius 1 is 1.29 bits per heavy atom. The first-order valence-electron chi connectivity index (χ1n) is 11.1. The average molecular weight is 476 g/mol. The smallest absolute Gasteiger partial charge is 0.410 e. The second kappa shape index (κ2) is 10.9. The van der Waals surface area contributed by atoms with Crippen molar-refractivity contribution in [3.8, 4) is 6.07 Å². The topological polar surface area (TPSA) is 108 Å². The van der Waals surface area contributed by atoms with E-state index in [4.69, 9.17) is 4.74 Å². The van der Waals surface area contributed by atoms with Crippen molar-refractivity contribution in [2.75, 3.05) is 18.5 Å². The lowest BCUT2D eigenvalue weighted by Gasteiger charge is -2.26. The number of amides is 2. The number of nitrogens with zero attached hydrogens (tertiary/aromatic N) is 4. The molecule has 174 valence electrons. The summed E-state index contributed by atoms with van der Waals surface area (Å²) < 4.78 is 5.43. The summed E-state index contributed by atoms with van der Waals surface area (Å²) in [5.74, 6) is -0.151. The Bertz CT molecular complexity index is 1190. The first-order valence-corrected chi connectivity index (χ1v) is 11.9. The van der Waals surface area contributed by atoms with Crippen molar-refractivity contribution >= 4 is 28.3 Å². The van der Waals surface area contributed by atoms with E-state index in [1.165, 1.54) is 11.3 Å². The molecule has 9 heteroatoms. The number of carbonyl (C=O) groups excluding carboxylic acids is 2. The average Bonchev–Trinajstić information content (AvgIpc) is 3.20. The number of fused-ring (bicyclic) bond motifs is 1. The second-order valence-corrected chi connectivity index (χ2v) is 9.22. The molecule has 0 bridgehead atoms. The van der Waals surface area contributed by atoms with Crippen LogP contribution in [0.1, 0.15) is 46.5 Å². The van der Waals surface area contributed by atoms with Gasteiger partial charge >= 0.3 is 6.09 Å². The summed E-state index contributed by atoms with van der Waals surface area (Å²) in [6.07, 6.45) is 6.17. The molecule has 3 aromatic rings. The third-order valence-corrected chi connectivity index (χ3v) is 6.87. The van der Waals surface area contributed by atoms with Crippen molar-refractivity contribution < 1.29 is 14.3 Å². The Hall–Kier alpha value is -3.77. The van der Waals surface area contributed by atoms with E-state index in [1.54, 1.807) is 23.5 Å². The van der Waals surface area contributed by atoms with Gasteiger partial charge in [0.05, 0.1) is 18.7 Å². The summed E-state index contributed by atoms with van der Waals surface area (Å²) in [6, 6.07) is 11.7. The highest BCUT2D eigenvalue weighted by Crippen LogP contribution is 2.37. The molecule has 0 saturated heterocycles. The zero-order chi connectivity index (χ0) is 23.9. The van der Waals surface area contributed by atoms with E-state index >= 15 is 0 Å². The molecule has 2 amide bonds. The van der Waals surface area contributed by atoms with Crippen LogP contribution in [0.5, 0.6) is 0 Å². The van der Waals surface area contributed by atoms with Gasteiger partial charge in [0.1, 0.15) is 11.1 Å². The Labute approximate surface area is 202 Å². The number of aromatic nitrogens is 2. The SMILES string of the molecule is CC(CC(=O)Nc1sc2c(c1C#N)CCN(C(=O)OCCc1ccccn1)C2)c1cccnc1. The maximum Gasteiger partial charge on any atom is 0.410 e. The van der Waals surface area contributed by atoms with Gasteiger partial charge in [-0.3, -0.25) is 14.8 Å². The number of nitrogens with one attached hydrogen (secondary N) is 1. The monoisotopic (exact) mass is 475 g/mol. The van der Waals surface area contributed by atoms with Gasteiger partial charge in [-0.05, 0) is 41.7 Å². The number of thiophene rings is 1. The molecular formula is C25H25N5O3S. The molecule has 0 radical (unpaired) electrons. The number of anilines is 1. The molecule has 3 aromatic heterocycles. The van der Waals surface area contributed by atoms with Crippen LogP contribution in [0.3, 0.4) is 0 Å². The van der Waals surface area contributed by atoms with Crippen LogP contribution in [0.15, 0.2) is 48.9 Å². The van der Waals surface area contributed by atoms with E-state index in [9.17, 15) is 14.9 Å². The normalized spacial score (nSPS) is 13.5. The quantitative estimate of drug-likeness (QED) is 0.546. The summed E-state index contributed by atoms with van der Waals surface area (Å²) in [5, 5.41) is 13.2. The molecule has 0 saturated carbocycles. The Morgan fingerprint density at radius 2 is 2.18 bits per heavy atom. The molecule has 0 aromatic carbocycles. The fraction of sp³-hybridized carbons (Fsp3) is 0.320. The van der Waals surface area contributed by atoms with Crippen molar-refractivity contribution in [2.24, 2.45) is 0 Å². The molecule has 8 nitrogen and oxygen atoms in total. The number of nitriles is 1. The van der Waals surface area contributed by atoms with Gasteiger partial charge in [0, 0.05) is 48.5 Å². The molecule has 1 N–H and O–H groups in total. The minimum Gasteiger partial charge on any atom is -0.449 e. The van der Waals surface area contributed by atoms with E-state index in [2.05, 4.69) is 21.4 Å². The lowest BCUT2D eigenvalue weighted by atomic mass is 9.99. The van der Waals surface area contributed by atoms with E-state index in [0.29, 0.717) is 36.5 Å². The van der Waals surface area contributed by atoms with Crippen LogP contribution >= 0.6 is 11.3 Å². The van der Waals surface area contributed by atoms with Gasteiger partial charge in [0.2, 0.25) is 5.91 Å². The van der Waals surface area contributed by atoms with Gasteiger partial charge in [-0.1, -0.05) is 19.1 Å². The Kier molecular flexibility index (Phi) is 7.50. The lowest BCUT2D eigenvalue weighted by Crippen LogP contribution is -2.36. The molecule has 34 heavy (non-hydrogen) atoms. The molecule has 1 unspecified atom stereocenters. The van der Waals surface area contributed by atoms with E-state index in [0.717, 1.165) is 21.7 Å². The first-order chi connectivity index (χ1) is 16.5. The van der Waals surface area contributed by atoms with E-state index in [-0.39, 0.29) is 30.9 Å². The third kappa shape index (κ3) is 5.58. The molecule has 1 atom stereocenters. The highest BCUT2D eigenvalue weighted by atomic mass is 32.1. The maximum absolute atomic E-state index is 12.7. The number of ether oxygens (including phenoxy) is 1. The van der Waals surface area contributed by atoms with Crippen LogP contribution in [0.4, 0.5) is 9.80 Å². The molecule has 4 heterocycles. The van der Waals surface area contributed by atoms with Crippen LogP contribution in [0.25, 0.3) is 0 Å². The molecule has 1 aliphatic rings. The van der Waals surface area contributed by atoms with Gasteiger partial charge in [0.15, 0.2) is 0 Å². The van der Waals surface area contributed by atoms with Gasteiger partial charge in [-0.15, -0.1) is 11.3 Å². The number of hydrogen-bond acceptors (Lipinski definition) is 7. The Morgan fingerprint density at radius 3 is 2.91 bits per heavy atom. The predicted molar refractivity (Wildman–Crippen MR) is 128 cm³/mol. The van der Waals surface area contributed by atoms with Crippen molar-refractivity contribution in [1.82, 2.24) is 14.9 Å². The number of carbonyl (C=O) groups is 2. The standard InChI is InChI=1S/C25H25N5O3S/c1-17(18-5-4-9-27-15-18)13-23(31)29-24-21(14-26)20-7-11-30(16-22(20)34-24)25(32)33-12-8-19-6-2-3-10-28-19/h2-6,9-10,15,17H,7-8,11-13,16H2,1H3,(H,29,31). The fourth-order valence-electron chi connectivity index (χ4n) is 3.89. The van der Waals surface area contributed by atoms with Crippen molar-refractivity contribution in [2.45, 2.75) is 38.6 Å². The Balaban J connectivity index is 1.35. The molecule has 0 aliphatic carbocycles. The van der Waals surface area contributed by atoms with Gasteiger partial charge in [0.25, 0.3) is 0 Å². The molecule has 0 spiro atoms. The summed E-state index contributed by atoms with van der Waals surface area (Å²) in [4.78, 5) is 36.1. The highest BCUT2D eigenvalue weighted by molar-refractivity contribution is 7.16. The number of hydrogen-bond donors (Lipinski definition) is 1. The molecule has 4 rings (SSSR count). The second-order valence-electron chi connectivity index (χ2n) is 8.12. The van der Waals surface area contributed by atoms with Crippen LogP contribution < -0.4 is 5.32 Å². The van der Waals surface area contributed by atoms with Gasteiger partial charge in [-0.25, -0.2) is 4.79 Å². The fourth-order valence-corrected chi connectivity index (χ4v) is 5.12. The van der Waals surface area contributed by atoms with Crippen molar-refractivity contribution in [1.29, 1.82) is 5.26 Å². The predicted octanol–water partition coefficient (Wildman–Crippen LogP) is 4.28. The van der Waals surface area contributed by atoms with Crippen molar-refractivity contribution in [3.63, 3.8) is 0 Å². The van der Waals surface area contributed by atoms with Crippen LogP contribution in [-0.4, -0.2) is 40.0 Å². The first kappa shape index (κ1) is 23.4. The molecular weight excluding hydrogens is 450 g/mol. The number of rotatable bonds is 7. The van der Waals surface area contributed by atoms with Crippen LogP contribution in [0.2, 0.25) is 0 Å². The summed E-state index contributed by atoms with van der Waals surface area (Å²) in [5.41, 5.74) is 3.25. The maximum atomic E-state index is 12.7. The van der Waals surface area contributed by atoms with Gasteiger partial charge in [-0.2, -0.15) is 5.26 Å². The zero-order valence-electron chi connectivity index (χ0n) is 18.9. The highest BCUT2D eigenvalue weighted by Gasteiger charge is 2.28. The third-order valence-electron chi connectivity index (χ3n) is 5.73. The lowest BCUT2D eigenvalue weighted by molar-refractivity contribution is -0.116. The van der Waals surface area contributed by atoms with E-state index in [1.807, 2.05) is 37.3 Å². The molecule has 0 fully saturated rings. The molecule has 1 aliphatic heterocycles. The number of pyridine rings is 2. The zero-order valence-corrected chi connectivity index (χ0v) is 19.7. The van der Waals surface area contributed by atoms with Crippen molar-refractivity contribution in [3.05, 3.63) is 76.2 Å². The van der Waals surface area contributed by atoms with Crippen LogP contribution in [-0.2, 0) is 28.9 Å². The van der Waals surface area contributed by atoms with Crippen LogP contribution in [0, 0.1) is 11.3 Å². The van der Waals surface area contributed by atoms with E-state index < -0.39 is 0 Å². The minimum atomic E-state index is -0.385. The summed E-state index contributed by atoms with van der Waals surface area (Å²) in [7, 11) is 0. The van der Waals surface area contributed by atoms with Gasteiger partial charge < -0.3 is 15.0 Å². The largest absolute Gasteiger partial charge is 0.449 e. The minimum absolute atomic E-state index is 0.00479.